The number of benzene rings is 1. The summed E-state index contributed by atoms with van der Waals surface area (Å²) < 4.78 is 5.73. The van der Waals surface area contributed by atoms with Gasteiger partial charge in [0.2, 0.25) is 0 Å². The molecular weight excluding hydrogens is 428 g/mol. The van der Waals surface area contributed by atoms with Crippen LogP contribution in [-0.2, 0) is 14.9 Å². The zero-order valence-electron chi connectivity index (χ0n) is 22.7. The number of carbonyl (C=O) groups excluding carboxylic acids is 1. The van der Waals surface area contributed by atoms with Gasteiger partial charge in [0.05, 0.1) is 0 Å². The molecule has 0 N–H and O–H groups in total. The monoisotopic (exact) mass is 478 g/mol. The minimum absolute atomic E-state index is 0.0966. The first-order valence-corrected chi connectivity index (χ1v) is 15.1. The molecule has 35 heavy (non-hydrogen) atoms. The van der Waals surface area contributed by atoms with Gasteiger partial charge in [0, 0.05) is 6.08 Å². The van der Waals surface area contributed by atoms with Gasteiger partial charge in [-0.15, -0.1) is 0 Å². The van der Waals surface area contributed by atoms with Gasteiger partial charge in [-0.05, 0) is 111 Å². The molecule has 0 aliphatic heterocycles. The number of rotatable bonds is 12. The molecule has 0 amide bonds. The lowest BCUT2D eigenvalue weighted by atomic mass is 9.51. The van der Waals surface area contributed by atoms with Gasteiger partial charge >= 0.3 is 5.97 Å². The van der Waals surface area contributed by atoms with Crippen LogP contribution in [0.15, 0.2) is 36.4 Å². The molecule has 4 aliphatic carbocycles. The van der Waals surface area contributed by atoms with Gasteiger partial charge in [0.15, 0.2) is 0 Å². The van der Waals surface area contributed by atoms with E-state index in [2.05, 4.69) is 38.1 Å². The Morgan fingerprint density at radius 1 is 0.857 bits per heavy atom. The van der Waals surface area contributed by atoms with Crippen LogP contribution in [0.4, 0.5) is 0 Å². The second kappa shape index (κ2) is 12.6. The Kier molecular flexibility index (Phi) is 9.53. The van der Waals surface area contributed by atoms with Crippen LogP contribution in [0.3, 0.4) is 0 Å². The molecule has 0 spiro atoms. The second-order valence-corrected chi connectivity index (χ2v) is 12.2. The summed E-state index contributed by atoms with van der Waals surface area (Å²) in [7, 11) is 0. The Labute approximate surface area is 215 Å². The van der Waals surface area contributed by atoms with E-state index in [0.717, 1.165) is 38.5 Å². The maximum absolute atomic E-state index is 12.1. The largest absolute Gasteiger partial charge is 0.459 e. The van der Waals surface area contributed by atoms with Gasteiger partial charge < -0.3 is 4.74 Å². The van der Waals surface area contributed by atoms with Crippen molar-refractivity contribution in [2.75, 3.05) is 0 Å². The van der Waals surface area contributed by atoms with Crippen molar-refractivity contribution in [2.45, 2.75) is 147 Å². The summed E-state index contributed by atoms with van der Waals surface area (Å²) in [6.45, 7) is 4.52. The van der Waals surface area contributed by atoms with Crippen molar-refractivity contribution >= 4 is 5.97 Å². The Morgan fingerprint density at radius 2 is 1.49 bits per heavy atom. The van der Waals surface area contributed by atoms with E-state index >= 15 is 0 Å². The van der Waals surface area contributed by atoms with Crippen molar-refractivity contribution in [2.24, 2.45) is 5.41 Å². The maximum atomic E-state index is 12.1. The van der Waals surface area contributed by atoms with Crippen molar-refractivity contribution in [3.8, 4) is 0 Å². The summed E-state index contributed by atoms with van der Waals surface area (Å²) in [5.41, 5.74) is 4.24. The zero-order valence-corrected chi connectivity index (χ0v) is 22.7. The fourth-order valence-corrected chi connectivity index (χ4v) is 7.34. The highest BCUT2D eigenvalue weighted by atomic mass is 16.5. The number of esters is 1. The smallest absolute Gasteiger partial charge is 0.330 e. The fraction of sp³-hybridized carbons (Fsp3) is 0.727. The number of hydrogen-bond donors (Lipinski definition) is 0. The molecule has 4 saturated carbocycles. The molecule has 0 aromatic heterocycles. The lowest BCUT2D eigenvalue weighted by Crippen LogP contribution is -2.44. The molecule has 1 aromatic rings. The minimum Gasteiger partial charge on any atom is -0.459 e. The Morgan fingerprint density at radius 3 is 2.11 bits per heavy atom. The zero-order chi connectivity index (χ0) is 24.6. The minimum atomic E-state index is -0.150. The highest BCUT2D eigenvalue weighted by molar-refractivity contribution is 5.82. The van der Waals surface area contributed by atoms with Crippen LogP contribution < -0.4 is 0 Å². The molecule has 2 bridgehead atoms. The molecule has 0 atom stereocenters. The molecule has 0 saturated heterocycles. The van der Waals surface area contributed by atoms with E-state index in [1.165, 1.54) is 82.6 Å². The number of unbranched alkanes of at least 4 members (excludes halogenated alkanes) is 5. The molecule has 2 nitrogen and oxygen atoms in total. The van der Waals surface area contributed by atoms with E-state index in [4.69, 9.17) is 4.74 Å². The fourth-order valence-electron chi connectivity index (χ4n) is 7.34. The molecule has 1 aromatic carbocycles. The maximum Gasteiger partial charge on any atom is 0.330 e. The molecule has 4 aliphatic rings. The average molecular weight is 479 g/mol. The van der Waals surface area contributed by atoms with Gasteiger partial charge in [-0.25, -0.2) is 4.79 Å². The van der Waals surface area contributed by atoms with Crippen molar-refractivity contribution in [1.82, 2.24) is 0 Å². The van der Waals surface area contributed by atoms with Crippen LogP contribution in [-0.4, -0.2) is 12.1 Å². The summed E-state index contributed by atoms with van der Waals surface area (Å²) in [5, 5.41) is 0. The summed E-state index contributed by atoms with van der Waals surface area (Å²) in [5.74, 6) is 0.466. The summed E-state index contributed by atoms with van der Waals surface area (Å²) in [4.78, 5) is 12.1. The highest BCUT2D eigenvalue weighted by Crippen LogP contribution is 2.59. The third kappa shape index (κ3) is 6.80. The van der Waals surface area contributed by atoms with Crippen molar-refractivity contribution in [1.29, 1.82) is 0 Å². The topological polar surface area (TPSA) is 26.3 Å². The predicted molar refractivity (Wildman–Crippen MR) is 147 cm³/mol. The molecule has 0 radical (unpaired) electrons. The van der Waals surface area contributed by atoms with Gasteiger partial charge in [-0.3, -0.25) is 0 Å². The van der Waals surface area contributed by atoms with Gasteiger partial charge in [0.1, 0.15) is 6.10 Å². The molecular formula is C33H50O2. The average Bonchev–Trinajstić information content (AvgIpc) is 2.90. The lowest BCUT2D eigenvalue weighted by Gasteiger charge is -2.54. The third-order valence-corrected chi connectivity index (χ3v) is 9.89. The predicted octanol–water partition coefficient (Wildman–Crippen LogP) is 9.56. The summed E-state index contributed by atoms with van der Waals surface area (Å²) >= 11 is 0. The number of allylic oxidation sites excluding steroid dienone is 1. The number of fused-ring (bicyclic) bond motifs is 3. The van der Waals surface area contributed by atoms with Crippen molar-refractivity contribution in [3.63, 3.8) is 0 Å². The lowest BCUT2D eigenvalue weighted by molar-refractivity contribution is -0.144. The Balaban J connectivity index is 1.23. The van der Waals surface area contributed by atoms with E-state index in [1.807, 2.05) is 6.08 Å². The van der Waals surface area contributed by atoms with Crippen LogP contribution in [0.25, 0.3) is 0 Å². The van der Waals surface area contributed by atoms with Crippen LogP contribution in [0, 0.1) is 5.41 Å². The summed E-state index contributed by atoms with van der Waals surface area (Å²) in [6.07, 6.45) is 26.8. The molecule has 2 heteroatoms. The number of hydrogen-bond acceptors (Lipinski definition) is 2. The summed E-state index contributed by atoms with van der Waals surface area (Å²) in [6, 6.07) is 9.80. The molecule has 4 fully saturated rings. The highest BCUT2D eigenvalue weighted by Gasteiger charge is 2.48. The van der Waals surface area contributed by atoms with Crippen molar-refractivity contribution < 1.29 is 9.53 Å². The van der Waals surface area contributed by atoms with E-state index in [-0.39, 0.29) is 12.1 Å². The van der Waals surface area contributed by atoms with Gasteiger partial charge in [-0.2, -0.15) is 0 Å². The van der Waals surface area contributed by atoms with Gasteiger partial charge in [0.25, 0.3) is 0 Å². The normalized spacial score (nSPS) is 30.6. The van der Waals surface area contributed by atoms with Gasteiger partial charge in [-0.1, -0.05) is 76.3 Å². The van der Waals surface area contributed by atoms with E-state index in [1.54, 1.807) is 11.6 Å². The molecule has 0 unspecified atom stereocenters. The first kappa shape index (κ1) is 26.5. The van der Waals surface area contributed by atoms with Crippen LogP contribution >= 0.6 is 0 Å². The third-order valence-electron chi connectivity index (χ3n) is 9.89. The SMILES string of the molecule is CCCCC/C=C/C(=O)OC1CCC(c2ccc(C34CCC(CCCCC)(CC3)CC4)cc2)CC1. The first-order chi connectivity index (χ1) is 17.1. The standard InChI is InChI=1S/C33H50O2/c1-3-5-7-8-9-11-31(34)35-30-18-14-28(15-19-30)27-12-16-29(17-13-27)33-24-21-32(22-25-33,23-26-33)20-10-6-4-2/h9,11-13,16-17,28,30H,3-8,10,14-15,18-26H2,1-2H3/b11-9+. The molecule has 194 valence electrons. The first-order valence-electron chi connectivity index (χ1n) is 15.1. The second-order valence-electron chi connectivity index (χ2n) is 12.2. The number of carbonyl (C=O) groups is 1. The molecule has 5 rings (SSSR count). The van der Waals surface area contributed by atoms with E-state index in [9.17, 15) is 4.79 Å². The van der Waals surface area contributed by atoms with Crippen LogP contribution in [0.1, 0.15) is 146 Å². The van der Waals surface area contributed by atoms with Crippen LogP contribution in [0.5, 0.6) is 0 Å². The Hall–Kier alpha value is -1.57. The Bertz CT molecular complexity index is 787. The number of ether oxygens (including phenoxy) is 1. The van der Waals surface area contributed by atoms with E-state index < -0.39 is 0 Å². The van der Waals surface area contributed by atoms with Crippen molar-refractivity contribution in [3.05, 3.63) is 47.5 Å². The van der Waals surface area contributed by atoms with Crippen LogP contribution in [0.2, 0.25) is 0 Å². The quantitative estimate of drug-likeness (QED) is 0.170. The van der Waals surface area contributed by atoms with E-state index in [0.29, 0.717) is 16.7 Å². The molecule has 0 heterocycles.